The summed E-state index contributed by atoms with van der Waals surface area (Å²) in [4.78, 5) is 27.2. The Morgan fingerprint density at radius 1 is 1.35 bits per heavy atom. The van der Waals surface area contributed by atoms with Crippen molar-refractivity contribution >= 4 is 23.4 Å². The van der Waals surface area contributed by atoms with E-state index < -0.39 is 23.6 Å². The highest BCUT2D eigenvalue weighted by atomic mass is 35.5. The van der Waals surface area contributed by atoms with Crippen LogP contribution in [0.5, 0.6) is 5.75 Å². The second kappa shape index (κ2) is 9.23. The van der Waals surface area contributed by atoms with Gasteiger partial charge in [0.2, 0.25) is 11.8 Å². The van der Waals surface area contributed by atoms with Crippen LogP contribution >= 0.6 is 11.6 Å². The second-order valence-corrected chi connectivity index (χ2v) is 9.09. The first-order valence-electron chi connectivity index (χ1n) is 10.1. The summed E-state index contributed by atoms with van der Waals surface area (Å²) >= 11 is 6.11. The Kier molecular flexibility index (Phi) is 6.86. The molecule has 2 heterocycles. The third kappa shape index (κ3) is 5.16. The fourth-order valence-electron chi connectivity index (χ4n) is 3.73. The van der Waals surface area contributed by atoms with Crippen LogP contribution in [0, 0.1) is 5.41 Å². The third-order valence-corrected chi connectivity index (χ3v) is 5.51. The molecule has 168 valence electrons. The minimum Gasteiger partial charge on any atom is -0.486 e. The lowest BCUT2D eigenvalue weighted by Gasteiger charge is -2.34. The molecule has 2 N–H and O–H groups in total. The monoisotopic (exact) mass is 449 g/mol. The number of carbonyl (C=O) groups is 2. The van der Waals surface area contributed by atoms with Crippen molar-refractivity contribution in [1.29, 1.82) is 0 Å². The Labute approximate surface area is 186 Å². The molecule has 3 rings (SSSR count). The molecule has 0 radical (unpaired) electrons. The Bertz CT molecular complexity index is 942. The van der Waals surface area contributed by atoms with E-state index in [1.165, 1.54) is 16.6 Å². The minimum atomic E-state index is -0.748. The maximum absolute atomic E-state index is 13.5. The lowest BCUT2D eigenvalue weighted by atomic mass is 9.85. The summed E-state index contributed by atoms with van der Waals surface area (Å²) in [5.74, 6) is -0.0623. The number of β-amino-alcohol motifs (C(OH)–C–C–N with tert-alkyl or cyclic N) is 1. The smallest absolute Gasteiger partial charge is 0.248 e. The molecule has 3 atom stereocenters. The molecule has 2 unspecified atom stereocenters. The van der Waals surface area contributed by atoms with Gasteiger partial charge < -0.3 is 20.1 Å². The first kappa shape index (κ1) is 23.0. The first-order valence-corrected chi connectivity index (χ1v) is 10.5. The molecule has 1 aromatic carbocycles. The summed E-state index contributed by atoms with van der Waals surface area (Å²) in [6.07, 6.45) is 1.12. The molecule has 0 aliphatic carbocycles. The van der Waals surface area contributed by atoms with Crippen molar-refractivity contribution in [2.24, 2.45) is 5.41 Å². The van der Waals surface area contributed by atoms with Crippen LogP contribution in [0.15, 0.2) is 30.5 Å². The number of carbonyl (C=O) groups excluding carboxylic acids is 2. The molecule has 1 aliphatic rings. The normalized spacial score (nSPS) is 19.9. The van der Waals surface area contributed by atoms with Crippen molar-refractivity contribution in [3.63, 3.8) is 0 Å². The average Bonchev–Trinajstić information content (AvgIpc) is 3.32. The number of likely N-dealkylation sites (N-methyl/N-ethyl adjacent to an activating group) is 1. The summed E-state index contributed by atoms with van der Waals surface area (Å²) in [5, 5.41) is 21.4. The van der Waals surface area contributed by atoms with E-state index in [1.807, 2.05) is 32.9 Å². The number of para-hydroxylation sites is 1. The number of benzene rings is 1. The second-order valence-electron chi connectivity index (χ2n) is 8.69. The largest absolute Gasteiger partial charge is 0.486 e. The molecule has 9 nitrogen and oxygen atoms in total. The number of aliphatic hydroxyl groups excluding tert-OH is 1. The number of hydrogen-bond donors (Lipinski definition) is 2. The van der Waals surface area contributed by atoms with E-state index in [0.29, 0.717) is 16.5 Å². The van der Waals surface area contributed by atoms with Gasteiger partial charge in [0.05, 0.1) is 17.3 Å². The summed E-state index contributed by atoms with van der Waals surface area (Å²) in [6, 6.07) is 5.68. The quantitative estimate of drug-likeness (QED) is 0.696. The number of ether oxygens (including phenoxy) is 1. The zero-order valence-corrected chi connectivity index (χ0v) is 18.8. The van der Waals surface area contributed by atoms with Crippen LogP contribution in [-0.4, -0.2) is 62.6 Å². The van der Waals surface area contributed by atoms with Crippen LogP contribution < -0.4 is 10.1 Å². The highest BCUT2D eigenvalue weighted by Crippen LogP contribution is 2.34. The van der Waals surface area contributed by atoms with Gasteiger partial charge in [-0.2, -0.15) is 0 Å². The summed E-state index contributed by atoms with van der Waals surface area (Å²) in [7, 11) is 1.51. The van der Waals surface area contributed by atoms with E-state index in [4.69, 9.17) is 16.3 Å². The number of hydrogen-bond acceptors (Lipinski definition) is 6. The number of likely N-dealkylation sites (tertiary alicyclic amines) is 1. The third-order valence-electron chi connectivity index (χ3n) is 5.20. The molecule has 0 bridgehead atoms. The highest BCUT2D eigenvalue weighted by Gasteiger charge is 2.44. The van der Waals surface area contributed by atoms with E-state index in [1.54, 1.807) is 18.3 Å². The molecule has 0 saturated carbocycles. The molecule has 1 aliphatic heterocycles. The molecule has 31 heavy (non-hydrogen) atoms. The van der Waals surface area contributed by atoms with E-state index in [0.717, 1.165) is 0 Å². The number of amides is 2. The molecule has 1 fully saturated rings. The van der Waals surface area contributed by atoms with Crippen molar-refractivity contribution in [2.75, 3.05) is 13.6 Å². The fraction of sp³-hybridized carbons (Fsp3) is 0.524. The van der Waals surface area contributed by atoms with Crippen molar-refractivity contribution < 1.29 is 19.4 Å². The molecule has 1 aromatic heterocycles. The van der Waals surface area contributed by atoms with Crippen LogP contribution in [0.4, 0.5) is 0 Å². The van der Waals surface area contributed by atoms with Crippen molar-refractivity contribution in [3.05, 3.63) is 41.2 Å². The van der Waals surface area contributed by atoms with Crippen LogP contribution in [0.1, 0.15) is 38.9 Å². The summed E-state index contributed by atoms with van der Waals surface area (Å²) in [5.41, 5.74) is 0.0122. The van der Waals surface area contributed by atoms with E-state index in [2.05, 4.69) is 15.6 Å². The van der Waals surface area contributed by atoms with Gasteiger partial charge in [0, 0.05) is 20.0 Å². The maximum atomic E-state index is 13.5. The number of aromatic nitrogens is 3. The van der Waals surface area contributed by atoms with Gasteiger partial charge in [-0.25, -0.2) is 4.68 Å². The Balaban J connectivity index is 1.81. The van der Waals surface area contributed by atoms with Gasteiger partial charge in [0.15, 0.2) is 0 Å². The Morgan fingerprint density at radius 3 is 2.71 bits per heavy atom. The van der Waals surface area contributed by atoms with Crippen LogP contribution in [0.25, 0.3) is 0 Å². The van der Waals surface area contributed by atoms with Gasteiger partial charge in [0.25, 0.3) is 0 Å². The predicted octanol–water partition coefficient (Wildman–Crippen LogP) is 1.81. The maximum Gasteiger partial charge on any atom is 0.248 e. The topological polar surface area (TPSA) is 110 Å². The number of aliphatic hydroxyl groups is 1. The molecule has 1 saturated heterocycles. The van der Waals surface area contributed by atoms with Gasteiger partial charge in [0.1, 0.15) is 30.1 Å². The van der Waals surface area contributed by atoms with Gasteiger partial charge in [-0.3, -0.25) is 9.59 Å². The molecule has 2 aromatic rings. The highest BCUT2D eigenvalue weighted by molar-refractivity contribution is 6.32. The Morgan fingerprint density at radius 2 is 2.06 bits per heavy atom. The fourth-order valence-corrected chi connectivity index (χ4v) is 3.92. The Hall–Kier alpha value is -2.65. The SMILES string of the molecule is CNC(=O)[C@H]1CC(O)CN1C(=O)C(n1cc(COc2ccccc2Cl)nn1)C(C)(C)C. The number of nitrogens with zero attached hydrogens (tertiary/aromatic N) is 4. The minimum absolute atomic E-state index is 0.0979. The zero-order valence-electron chi connectivity index (χ0n) is 18.1. The van der Waals surface area contributed by atoms with E-state index >= 15 is 0 Å². The number of rotatable bonds is 6. The number of nitrogens with one attached hydrogen (secondary N) is 1. The van der Waals surface area contributed by atoms with Crippen molar-refractivity contribution in [1.82, 2.24) is 25.2 Å². The first-order chi connectivity index (χ1) is 14.6. The van der Waals surface area contributed by atoms with Crippen molar-refractivity contribution in [3.8, 4) is 5.75 Å². The molecular weight excluding hydrogens is 422 g/mol. The van der Waals surface area contributed by atoms with Gasteiger partial charge >= 0.3 is 0 Å². The number of halogens is 1. The summed E-state index contributed by atoms with van der Waals surface area (Å²) < 4.78 is 7.21. The van der Waals surface area contributed by atoms with E-state index in [-0.39, 0.29) is 31.4 Å². The van der Waals surface area contributed by atoms with Crippen LogP contribution in [-0.2, 0) is 16.2 Å². The standard InChI is InChI=1S/C21H28ClN5O4/c1-21(2,3)18(20(30)26-11-14(28)9-16(26)19(29)23-4)27-10-13(24-25-27)12-31-17-8-6-5-7-15(17)22/h5-8,10,14,16,18,28H,9,11-12H2,1-4H3,(H,23,29)/t14?,16-,18?/m1/s1. The van der Waals surface area contributed by atoms with Gasteiger partial charge in [-0.05, 0) is 17.5 Å². The van der Waals surface area contributed by atoms with Crippen molar-refractivity contribution in [2.45, 2.75) is 52.0 Å². The summed E-state index contributed by atoms with van der Waals surface area (Å²) in [6.45, 7) is 5.98. The van der Waals surface area contributed by atoms with Crippen LogP contribution in [0.3, 0.4) is 0 Å². The zero-order chi connectivity index (χ0) is 22.8. The average molecular weight is 450 g/mol. The lowest BCUT2D eigenvalue weighted by molar-refractivity contribution is -0.144. The van der Waals surface area contributed by atoms with Crippen LogP contribution in [0.2, 0.25) is 5.02 Å². The molecule has 0 spiro atoms. The molecule has 10 heteroatoms. The predicted molar refractivity (Wildman–Crippen MR) is 114 cm³/mol. The molecular formula is C21H28ClN5O4. The van der Waals surface area contributed by atoms with Gasteiger partial charge in [-0.1, -0.05) is 49.7 Å². The van der Waals surface area contributed by atoms with Gasteiger partial charge in [-0.15, -0.1) is 5.10 Å². The lowest BCUT2D eigenvalue weighted by Crippen LogP contribution is -2.49. The molecule has 2 amide bonds. The van der Waals surface area contributed by atoms with E-state index in [9.17, 15) is 14.7 Å².